The second-order valence-electron chi connectivity index (χ2n) is 6.75. The monoisotopic (exact) mass is 406 g/mol. The Balaban J connectivity index is 1.61. The van der Waals surface area contributed by atoms with Gasteiger partial charge < -0.3 is 4.90 Å². The molecule has 1 aliphatic rings. The van der Waals surface area contributed by atoms with E-state index >= 15 is 0 Å². The molecule has 2 aromatic carbocycles. The Bertz CT molecular complexity index is 894. The van der Waals surface area contributed by atoms with Gasteiger partial charge in [-0.05, 0) is 36.6 Å². The minimum Gasteiger partial charge on any atom is -0.315 e. The van der Waals surface area contributed by atoms with Crippen LogP contribution in [0.2, 0.25) is 5.02 Å². The summed E-state index contributed by atoms with van der Waals surface area (Å²) in [6.45, 7) is 0.706. The molecule has 7 heteroatoms. The summed E-state index contributed by atoms with van der Waals surface area (Å²) in [5, 5.41) is 0.454. The lowest BCUT2D eigenvalue weighted by atomic mass is 9.96. The van der Waals surface area contributed by atoms with Gasteiger partial charge >= 0.3 is 0 Å². The SMILES string of the molecule is CN(C(=O)C1CCN(S(=O)(=O)Cc2ccccc2Cl)CC1)c1ccccc1. The van der Waals surface area contributed by atoms with E-state index in [4.69, 9.17) is 11.6 Å². The average molecular weight is 407 g/mol. The number of carbonyl (C=O) groups excluding carboxylic acids is 1. The van der Waals surface area contributed by atoms with Crippen molar-refractivity contribution in [3.8, 4) is 0 Å². The van der Waals surface area contributed by atoms with E-state index in [1.165, 1.54) is 4.31 Å². The van der Waals surface area contributed by atoms with E-state index in [0.717, 1.165) is 5.69 Å². The minimum absolute atomic E-state index is 0.0318. The van der Waals surface area contributed by atoms with Crippen LogP contribution in [0.3, 0.4) is 0 Å². The van der Waals surface area contributed by atoms with Gasteiger partial charge in [-0.25, -0.2) is 12.7 Å². The summed E-state index contributed by atoms with van der Waals surface area (Å²) in [5.41, 5.74) is 1.44. The molecule has 1 heterocycles. The molecule has 0 unspecified atom stereocenters. The van der Waals surface area contributed by atoms with Crippen molar-refractivity contribution in [1.82, 2.24) is 4.31 Å². The zero-order valence-corrected chi connectivity index (χ0v) is 16.8. The lowest BCUT2D eigenvalue weighted by molar-refractivity contribution is -0.123. The number of benzene rings is 2. The number of hydrogen-bond acceptors (Lipinski definition) is 3. The van der Waals surface area contributed by atoms with Gasteiger partial charge in [0.25, 0.3) is 0 Å². The molecule has 0 N–H and O–H groups in total. The summed E-state index contributed by atoms with van der Waals surface area (Å²) in [6, 6.07) is 16.4. The zero-order valence-electron chi connectivity index (χ0n) is 15.2. The van der Waals surface area contributed by atoms with Crippen LogP contribution in [0.5, 0.6) is 0 Å². The molecule has 3 rings (SSSR count). The van der Waals surface area contributed by atoms with Gasteiger partial charge in [-0.3, -0.25) is 4.79 Å². The molecule has 0 saturated carbocycles. The maximum atomic E-state index is 12.7. The van der Waals surface area contributed by atoms with Crippen molar-refractivity contribution in [3.63, 3.8) is 0 Å². The number of halogens is 1. The Hall–Kier alpha value is -1.89. The topological polar surface area (TPSA) is 57.7 Å². The van der Waals surface area contributed by atoms with Crippen LogP contribution < -0.4 is 4.90 Å². The number of hydrogen-bond donors (Lipinski definition) is 0. The fraction of sp³-hybridized carbons (Fsp3) is 0.350. The predicted molar refractivity (Wildman–Crippen MR) is 108 cm³/mol. The first-order chi connectivity index (χ1) is 12.9. The maximum absolute atomic E-state index is 12.7. The molecule has 0 aromatic heterocycles. The highest BCUT2D eigenvalue weighted by molar-refractivity contribution is 7.88. The quantitative estimate of drug-likeness (QED) is 0.763. The fourth-order valence-corrected chi connectivity index (χ4v) is 5.21. The summed E-state index contributed by atoms with van der Waals surface area (Å²) in [5.74, 6) is -0.249. The largest absolute Gasteiger partial charge is 0.315 e. The third-order valence-corrected chi connectivity index (χ3v) is 7.16. The van der Waals surface area contributed by atoms with Crippen molar-refractivity contribution < 1.29 is 13.2 Å². The second-order valence-corrected chi connectivity index (χ2v) is 9.13. The number of carbonyl (C=O) groups is 1. The van der Waals surface area contributed by atoms with Crippen molar-refractivity contribution in [2.45, 2.75) is 18.6 Å². The van der Waals surface area contributed by atoms with Crippen LogP contribution in [0.4, 0.5) is 5.69 Å². The first kappa shape index (κ1) is 19.9. The molecule has 0 spiro atoms. The molecule has 1 amide bonds. The Morgan fingerprint density at radius 1 is 1.07 bits per heavy atom. The molecule has 0 aliphatic carbocycles. The number of anilines is 1. The third kappa shape index (κ3) is 4.69. The van der Waals surface area contributed by atoms with E-state index in [1.54, 1.807) is 36.2 Å². The molecule has 144 valence electrons. The van der Waals surface area contributed by atoms with Crippen LogP contribution in [-0.4, -0.2) is 38.8 Å². The summed E-state index contributed by atoms with van der Waals surface area (Å²) in [4.78, 5) is 14.4. The van der Waals surface area contributed by atoms with E-state index in [0.29, 0.717) is 36.5 Å². The number of sulfonamides is 1. The maximum Gasteiger partial charge on any atom is 0.229 e. The van der Waals surface area contributed by atoms with Crippen LogP contribution >= 0.6 is 11.6 Å². The van der Waals surface area contributed by atoms with Gasteiger partial charge in [0.15, 0.2) is 0 Å². The second kappa shape index (κ2) is 8.42. The van der Waals surface area contributed by atoms with Crippen molar-refractivity contribution in [3.05, 3.63) is 65.2 Å². The summed E-state index contributed by atoms with van der Waals surface area (Å²) in [7, 11) is -1.69. The summed E-state index contributed by atoms with van der Waals surface area (Å²) < 4.78 is 26.9. The number of amides is 1. The molecule has 27 heavy (non-hydrogen) atoms. The molecule has 1 fully saturated rings. The van der Waals surface area contributed by atoms with E-state index in [1.807, 2.05) is 30.3 Å². The number of piperidine rings is 1. The van der Waals surface area contributed by atoms with Crippen molar-refractivity contribution in [1.29, 1.82) is 0 Å². The molecule has 0 radical (unpaired) electrons. The normalized spacial score (nSPS) is 16.2. The molecule has 0 atom stereocenters. The lowest BCUT2D eigenvalue weighted by Crippen LogP contribution is -2.43. The first-order valence-electron chi connectivity index (χ1n) is 8.92. The van der Waals surface area contributed by atoms with Crippen LogP contribution in [0.1, 0.15) is 18.4 Å². The smallest absolute Gasteiger partial charge is 0.229 e. The third-order valence-electron chi connectivity index (χ3n) is 4.97. The molecule has 1 saturated heterocycles. The number of nitrogens with zero attached hydrogens (tertiary/aromatic N) is 2. The molecule has 0 bridgehead atoms. The molecule has 1 aliphatic heterocycles. The molecule has 2 aromatic rings. The number of para-hydroxylation sites is 1. The zero-order chi connectivity index (χ0) is 19.4. The average Bonchev–Trinajstić information content (AvgIpc) is 2.69. The molecule has 5 nitrogen and oxygen atoms in total. The highest BCUT2D eigenvalue weighted by atomic mass is 35.5. The summed E-state index contributed by atoms with van der Waals surface area (Å²) in [6.07, 6.45) is 1.05. The van der Waals surface area contributed by atoms with Gasteiger partial charge in [0.2, 0.25) is 15.9 Å². The Labute approximate surface area is 165 Å². The van der Waals surface area contributed by atoms with Gasteiger partial charge in [-0.1, -0.05) is 48.0 Å². The van der Waals surface area contributed by atoms with Crippen LogP contribution in [-0.2, 0) is 20.6 Å². The lowest BCUT2D eigenvalue weighted by Gasteiger charge is -2.32. The summed E-state index contributed by atoms with van der Waals surface area (Å²) >= 11 is 6.09. The standard InChI is InChI=1S/C20H23ClN2O3S/c1-22(18-8-3-2-4-9-18)20(24)16-11-13-23(14-12-16)27(25,26)15-17-7-5-6-10-19(17)21/h2-10,16H,11-15H2,1H3. The van der Waals surface area contributed by atoms with E-state index in [2.05, 4.69) is 0 Å². The van der Waals surface area contributed by atoms with Crippen LogP contribution in [0.25, 0.3) is 0 Å². The number of rotatable bonds is 5. The van der Waals surface area contributed by atoms with Gasteiger partial charge in [0.05, 0.1) is 5.75 Å². The van der Waals surface area contributed by atoms with Crippen LogP contribution in [0.15, 0.2) is 54.6 Å². The van der Waals surface area contributed by atoms with E-state index in [-0.39, 0.29) is 17.6 Å². The Kier molecular flexibility index (Phi) is 6.19. The molecular formula is C20H23ClN2O3S. The van der Waals surface area contributed by atoms with E-state index < -0.39 is 10.0 Å². The predicted octanol–water partition coefficient (Wildman–Crippen LogP) is 3.54. The highest BCUT2D eigenvalue weighted by Crippen LogP contribution is 2.26. The van der Waals surface area contributed by atoms with Crippen LogP contribution in [0, 0.1) is 5.92 Å². The van der Waals surface area contributed by atoms with Gasteiger partial charge in [-0.15, -0.1) is 0 Å². The van der Waals surface area contributed by atoms with E-state index in [9.17, 15) is 13.2 Å². The van der Waals surface area contributed by atoms with Gasteiger partial charge in [0.1, 0.15) is 0 Å². The van der Waals surface area contributed by atoms with Crippen molar-refractivity contribution in [2.24, 2.45) is 5.92 Å². The van der Waals surface area contributed by atoms with Gasteiger partial charge in [0, 0.05) is 36.8 Å². The minimum atomic E-state index is -3.46. The van der Waals surface area contributed by atoms with Gasteiger partial charge in [-0.2, -0.15) is 0 Å². The molecular weight excluding hydrogens is 384 g/mol. The Morgan fingerprint density at radius 3 is 2.30 bits per heavy atom. The first-order valence-corrected chi connectivity index (χ1v) is 10.9. The van der Waals surface area contributed by atoms with Crippen molar-refractivity contribution in [2.75, 3.05) is 25.0 Å². The van der Waals surface area contributed by atoms with Crippen molar-refractivity contribution >= 4 is 33.2 Å². The fourth-order valence-electron chi connectivity index (χ4n) is 3.34. The Morgan fingerprint density at radius 2 is 1.67 bits per heavy atom. The highest BCUT2D eigenvalue weighted by Gasteiger charge is 2.32.